The highest BCUT2D eigenvalue weighted by atomic mass is 19.1. The van der Waals surface area contributed by atoms with Crippen LogP contribution in [-0.2, 0) is 4.74 Å². The van der Waals surface area contributed by atoms with Crippen molar-refractivity contribution in [1.82, 2.24) is 9.55 Å². The van der Waals surface area contributed by atoms with Crippen LogP contribution in [0.5, 0.6) is 0 Å². The van der Waals surface area contributed by atoms with E-state index in [2.05, 4.69) is 4.98 Å². The lowest BCUT2D eigenvalue weighted by Gasteiger charge is -2.23. The molecule has 1 unspecified atom stereocenters. The zero-order chi connectivity index (χ0) is 14.9. The molecule has 1 saturated carbocycles. The summed E-state index contributed by atoms with van der Waals surface area (Å²) in [5.74, 6) is -0.301. The fraction of sp³-hybridized carbons (Fsp3) is 0.667. The van der Waals surface area contributed by atoms with Crippen LogP contribution in [0.25, 0.3) is 0 Å². The molecule has 1 saturated heterocycles. The van der Waals surface area contributed by atoms with Crippen molar-refractivity contribution in [3.05, 3.63) is 22.7 Å². The van der Waals surface area contributed by atoms with Crippen LogP contribution in [0.2, 0.25) is 0 Å². The molecule has 0 spiro atoms. The minimum Gasteiger partial charge on any atom is -0.387 e. The van der Waals surface area contributed by atoms with Crippen molar-refractivity contribution in [3.63, 3.8) is 0 Å². The summed E-state index contributed by atoms with van der Waals surface area (Å²) < 4.78 is 20.9. The predicted octanol–water partition coefficient (Wildman–Crippen LogP) is -0.807. The van der Waals surface area contributed by atoms with E-state index < -0.39 is 35.4 Å². The molecule has 1 aromatic rings. The highest BCUT2D eigenvalue weighted by Gasteiger charge is 2.88. The Morgan fingerprint density at radius 1 is 1.60 bits per heavy atom. The molecule has 1 aromatic heterocycles. The first-order valence-electron chi connectivity index (χ1n) is 6.33. The Morgan fingerprint density at radius 2 is 2.25 bits per heavy atom. The van der Waals surface area contributed by atoms with Gasteiger partial charge in [0.05, 0.1) is 0 Å². The third kappa shape index (κ3) is 1.28. The van der Waals surface area contributed by atoms with E-state index in [0.717, 1.165) is 4.57 Å². The summed E-state index contributed by atoms with van der Waals surface area (Å²) in [4.78, 5) is 15.2. The lowest BCUT2D eigenvalue weighted by atomic mass is 10.0. The number of aliphatic hydroxyl groups excluding tert-OH is 1. The second-order valence-electron chi connectivity index (χ2n) is 5.63. The second-order valence-corrected chi connectivity index (χ2v) is 5.63. The number of nitrogens with zero attached hydrogens (tertiary/aromatic N) is 2. The molecular weight excluding hydrogens is 269 g/mol. The van der Waals surface area contributed by atoms with E-state index in [4.69, 9.17) is 10.5 Å². The molecule has 3 rings (SSSR count). The first kappa shape index (κ1) is 13.5. The van der Waals surface area contributed by atoms with Crippen molar-refractivity contribution in [2.24, 2.45) is 5.92 Å². The molecule has 1 aliphatic heterocycles. The Kier molecular flexibility index (Phi) is 2.54. The standard InChI is InChI=1S/C12H16FN3O4/c1-5(2)12-9(17)11(12,19)7(13)8(20-12)16-4-3-6(14)15-10(16)18/h3-5,7-9,17,19H,1-2H3,(H2,14,15,18)/t7-,8+,9?,11-,12+/m0/s1. The van der Waals surface area contributed by atoms with Crippen molar-refractivity contribution >= 4 is 5.82 Å². The number of ether oxygens (including phenoxy) is 1. The van der Waals surface area contributed by atoms with Crippen LogP contribution in [0.4, 0.5) is 10.2 Å². The lowest BCUT2D eigenvalue weighted by Crippen LogP contribution is -2.38. The molecule has 4 N–H and O–H groups in total. The van der Waals surface area contributed by atoms with Gasteiger partial charge in [-0.1, -0.05) is 13.8 Å². The average molecular weight is 285 g/mol. The quantitative estimate of drug-likeness (QED) is 0.655. The van der Waals surface area contributed by atoms with E-state index in [1.54, 1.807) is 13.8 Å². The van der Waals surface area contributed by atoms with Gasteiger partial charge in [-0.3, -0.25) is 4.57 Å². The molecule has 5 atom stereocenters. The number of hydrogen-bond donors (Lipinski definition) is 3. The number of fused-ring (bicyclic) bond motifs is 1. The lowest BCUT2D eigenvalue weighted by molar-refractivity contribution is -0.107. The molecule has 2 heterocycles. The van der Waals surface area contributed by atoms with E-state index in [1.165, 1.54) is 12.3 Å². The number of nitrogens with two attached hydrogens (primary N) is 1. The van der Waals surface area contributed by atoms with Gasteiger partial charge in [0.15, 0.2) is 18.0 Å². The number of halogens is 1. The molecule has 0 radical (unpaired) electrons. The molecule has 2 fully saturated rings. The maximum Gasteiger partial charge on any atom is 0.351 e. The summed E-state index contributed by atoms with van der Waals surface area (Å²) in [6.45, 7) is 3.42. The van der Waals surface area contributed by atoms with Gasteiger partial charge in [-0.2, -0.15) is 4.98 Å². The van der Waals surface area contributed by atoms with Crippen LogP contribution >= 0.6 is 0 Å². The smallest absolute Gasteiger partial charge is 0.351 e. The van der Waals surface area contributed by atoms with Crippen molar-refractivity contribution in [3.8, 4) is 0 Å². The Hall–Kier alpha value is -1.51. The summed E-state index contributed by atoms with van der Waals surface area (Å²) >= 11 is 0. The van der Waals surface area contributed by atoms with Crippen molar-refractivity contribution < 1.29 is 19.3 Å². The molecule has 0 bridgehead atoms. The van der Waals surface area contributed by atoms with Crippen LogP contribution < -0.4 is 11.4 Å². The minimum atomic E-state index is -1.99. The Labute approximate surface area is 113 Å². The van der Waals surface area contributed by atoms with Gasteiger partial charge in [-0.25, -0.2) is 9.18 Å². The number of alkyl halides is 1. The van der Waals surface area contributed by atoms with Gasteiger partial charge < -0.3 is 20.7 Å². The number of aromatic nitrogens is 2. The normalized spacial score (nSPS) is 42.8. The van der Waals surface area contributed by atoms with Crippen LogP contribution in [0.1, 0.15) is 20.1 Å². The van der Waals surface area contributed by atoms with Crippen LogP contribution in [0, 0.1) is 5.92 Å². The highest BCUT2D eigenvalue weighted by molar-refractivity contribution is 5.36. The first-order chi connectivity index (χ1) is 9.26. The van der Waals surface area contributed by atoms with Crippen LogP contribution in [-0.4, -0.2) is 43.2 Å². The zero-order valence-corrected chi connectivity index (χ0v) is 11.0. The summed E-state index contributed by atoms with van der Waals surface area (Å²) in [5, 5.41) is 20.1. The number of hydrogen-bond acceptors (Lipinski definition) is 6. The molecule has 20 heavy (non-hydrogen) atoms. The molecule has 0 aromatic carbocycles. The maximum absolute atomic E-state index is 14.5. The van der Waals surface area contributed by atoms with E-state index in [0.29, 0.717) is 0 Å². The number of nitrogen functional groups attached to an aromatic ring is 1. The third-order valence-electron chi connectivity index (χ3n) is 4.34. The largest absolute Gasteiger partial charge is 0.387 e. The monoisotopic (exact) mass is 285 g/mol. The second kappa shape index (κ2) is 3.78. The van der Waals surface area contributed by atoms with Crippen molar-refractivity contribution in [2.75, 3.05) is 5.73 Å². The van der Waals surface area contributed by atoms with Crippen LogP contribution in [0.15, 0.2) is 17.1 Å². The predicted molar refractivity (Wildman–Crippen MR) is 66.5 cm³/mol. The van der Waals surface area contributed by atoms with E-state index >= 15 is 0 Å². The first-order valence-corrected chi connectivity index (χ1v) is 6.33. The fourth-order valence-corrected chi connectivity index (χ4v) is 3.19. The van der Waals surface area contributed by atoms with Gasteiger partial charge in [-0.15, -0.1) is 0 Å². The van der Waals surface area contributed by atoms with Gasteiger partial charge in [0.2, 0.25) is 0 Å². The molecule has 7 nitrogen and oxygen atoms in total. The topological polar surface area (TPSA) is 111 Å². The molecule has 0 amide bonds. The number of rotatable bonds is 2. The Balaban J connectivity index is 2.02. The molecule has 2 aliphatic rings. The number of anilines is 1. The summed E-state index contributed by atoms with van der Waals surface area (Å²) in [6.07, 6.45) is -3.30. The van der Waals surface area contributed by atoms with E-state index in [9.17, 15) is 19.4 Å². The van der Waals surface area contributed by atoms with Gasteiger partial charge in [0.25, 0.3) is 0 Å². The summed E-state index contributed by atoms with van der Waals surface area (Å²) in [5.41, 5.74) is 1.22. The van der Waals surface area contributed by atoms with Gasteiger partial charge in [0.1, 0.15) is 17.5 Å². The van der Waals surface area contributed by atoms with E-state index in [-0.39, 0.29) is 11.7 Å². The third-order valence-corrected chi connectivity index (χ3v) is 4.34. The summed E-state index contributed by atoms with van der Waals surface area (Å²) in [6, 6.07) is 1.34. The highest BCUT2D eigenvalue weighted by Crippen LogP contribution is 2.66. The van der Waals surface area contributed by atoms with Gasteiger partial charge >= 0.3 is 5.69 Å². The average Bonchev–Trinajstić information content (AvgIpc) is 2.73. The fourth-order valence-electron chi connectivity index (χ4n) is 3.19. The molecule has 110 valence electrons. The molecular formula is C12H16FN3O4. The maximum atomic E-state index is 14.5. The SMILES string of the molecule is CC(C)[C@]12O[C@@H](n3ccc(N)nc3=O)[C@H](F)[C@]1(O)C2O. The van der Waals surface area contributed by atoms with Gasteiger partial charge in [-0.05, 0) is 12.0 Å². The van der Waals surface area contributed by atoms with Crippen molar-refractivity contribution in [1.29, 1.82) is 0 Å². The van der Waals surface area contributed by atoms with E-state index in [1.807, 2.05) is 0 Å². The minimum absolute atomic E-state index is 0.0159. The zero-order valence-electron chi connectivity index (χ0n) is 11.0. The molecule has 8 heteroatoms. The van der Waals surface area contributed by atoms with Crippen LogP contribution in [0.3, 0.4) is 0 Å². The Bertz CT molecular complexity index is 621. The molecule has 1 aliphatic carbocycles. The van der Waals surface area contributed by atoms with Crippen molar-refractivity contribution in [2.45, 2.75) is 43.6 Å². The Morgan fingerprint density at radius 3 is 2.75 bits per heavy atom. The van der Waals surface area contributed by atoms with Gasteiger partial charge in [0, 0.05) is 6.20 Å². The summed E-state index contributed by atoms with van der Waals surface area (Å²) in [7, 11) is 0. The number of aliphatic hydroxyl groups is 2.